The van der Waals surface area contributed by atoms with E-state index < -0.39 is 0 Å². The topological polar surface area (TPSA) is 39.4 Å². The Morgan fingerprint density at radius 1 is 1.05 bits per heavy atom. The molecule has 1 aromatic heterocycles. The van der Waals surface area contributed by atoms with Gasteiger partial charge in [0.15, 0.2) is 5.76 Å². The number of fused-ring (bicyclic) bond motifs is 1. The van der Waals surface area contributed by atoms with Crippen molar-refractivity contribution in [1.29, 1.82) is 0 Å². The fraction of sp³-hybridized carbons (Fsp3) is 0.0625. The van der Waals surface area contributed by atoms with E-state index in [-0.39, 0.29) is 5.78 Å². The number of benzene rings is 2. The predicted molar refractivity (Wildman–Crippen MR) is 72.6 cm³/mol. The Balaban J connectivity index is 2.08. The van der Waals surface area contributed by atoms with Crippen molar-refractivity contribution >= 4 is 16.8 Å². The van der Waals surface area contributed by atoms with Gasteiger partial charge in [0.25, 0.3) is 0 Å². The normalized spacial score (nSPS) is 10.6. The van der Waals surface area contributed by atoms with E-state index in [1.165, 1.54) is 0 Å². The van der Waals surface area contributed by atoms with Crippen molar-refractivity contribution in [2.75, 3.05) is 7.11 Å². The lowest BCUT2D eigenvalue weighted by Crippen LogP contribution is -2.02. The van der Waals surface area contributed by atoms with E-state index in [2.05, 4.69) is 0 Å². The van der Waals surface area contributed by atoms with Gasteiger partial charge >= 0.3 is 0 Å². The Labute approximate surface area is 110 Å². The molecular formula is C16H12O3. The predicted octanol–water partition coefficient (Wildman–Crippen LogP) is 3.67. The number of hydrogen-bond donors (Lipinski definition) is 0. The summed E-state index contributed by atoms with van der Waals surface area (Å²) >= 11 is 0. The molecule has 19 heavy (non-hydrogen) atoms. The molecule has 0 aliphatic carbocycles. The van der Waals surface area contributed by atoms with Crippen molar-refractivity contribution in [1.82, 2.24) is 0 Å². The molecule has 94 valence electrons. The van der Waals surface area contributed by atoms with Gasteiger partial charge in [-0.15, -0.1) is 0 Å². The molecule has 0 N–H and O–H groups in total. The molecule has 3 rings (SSSR count). The molecule has 0 bridgehead atoms. The third-order valence-electron chi connectivity index (χ3n) is 3.00. The fourth-order valence-corrected chi connectivity index (χ4v) is 2.06. The van der Waals surface area contributed by atoms with Crippen molar-refractivity contribution in [3.05, 3.63) is 65.9 Å². The maximum atomic E-state index is 12.4. The lowest BCUT2D eigenvalue weighted by atomic mass is 10.1. The molecule has 0 unspecified atom stereocenters. The van der Waals surface area contributed by atoms with E-state index >= 15 is 0 Å². The highest BCUT2D eigenvalue weighted by Gasteiger charge is 2.17. The Bertz CT molecular complexity index is 707. The molecule has 0 aliphatic heterocycles. The van der Waals surface area contributed by atoms with E-state index in [4.69, 9.17) is 9.15 Å². The minimum atomic E-state index is -0.173. The standard InChI is InChI=1S/C16H12O3/c1-18-14-9-5-3-7-12(14)16(17)15-10-11-6-2-4-8-13(11)19-15/h2-10H,1H3. The van der Waals surface area contributed by atoms with Crippen molar-refractivity contribution in [2.24, 2.45) is 0 Å². The zero-order valence-electron chi connectivity index (χ0n) is 10.4. The first-order valence-electron chi connectivity index (χ1n) is 5.96. The molecule has 0 radical (unpaired) electrons. The lowest BCUT2D eigenvalue weighted by Gasteiger charge is -2.04. The van der Waals surface area contributed by atoms with E-state index in [0.717, 1.165) is 5.39 Å². The second-order valence-corrected chi connectivity index (χ2v) is 4.18. The van der Waals surface area contributed by atoms with Crippen LogP contribution in [0.15, 0.2) is 59.0 Å². The molecule has 0 atom stereocenters. The van der Waals surface area contributed by atoms with Crippen LogP contribution in [-0.2, 0) is 0 Å². The number of carbonyl (C=O) groups excluding carboxylic acids is 1. The summed E-state index contributed by atoms with van der Waals surface area (Å²) in [7, 11) is 1.55. The van der Waals surface area contributed by atoms with Crippen molar-refractivity contribution in [3.8, 4) is 5.75 Å². The molecule has 0 aliphatic rings. The summed E-state index contributed by atoms with van der Waals surface area (Å²) in [6.07, 6.45) is 0. The Morgan fingerprint density at radius 3 is 2.58 bits per heavy atom. The fourth-order valence-electron chi connectivity index (χ4n) is 2.06. The minimum absolute atomic E-state index is 0.173. The van der Waals surface area contributed by atoms with E-state index in [1.807, 2.05) is 30.3 Å². The van der Waals surface area contributed by atoms with Crippen LogP contribution in [0.3, 0.4) is 0 Å². The molecule has 3 heteroatoms. The van der Waals surface area contributed by atoms with Gasteiger partial charge in [-0.25, -0.2) is 0 Å². The van der Waals surface area contributed by atoms with E-state index in [9.17, 15) is 4.79 Å². The van der Waals surface area contributed by atoms with Gasteiger partial charge in [-0.05, 0) is 24.3 Å². The number of ether oxygens (including phenoxy) is 1. The summed E-state index contributed by atoms with van der Waals surface area (Å²) in [6, 6.07) is 16.4. The molecule has 0 amide bonds. The molecule has 0 saturated carbocycles. The zero-order valence-corrected chi connectivity index (χ0v) is 10.4. The number of furan rings is 1. The summed E-state index contributed by atoms with van der Waals surface area (Å²) < 4.78 is 10.8. The van der Waals surface area contributed by atoms with Gasteiger partial charge < -0.3 is 9.15 Å². The molecule has 2 aromatic carbocycles. The lowest BCUT2D eigenvalue weighted by molar-refractivity contribution is 0.101. The average molecular weight is 252 g/mol. The van der Waals surface area contributed by atoms with Crippen LogP contribution in [0, 0.1) is 0 Å². The summed E-state index contributed by atoms with van der Waals surface area (Å²) in [5.74, 6) is 0.701. The molecular weight excluding hydrogens is 240 g/mol. The van der Waals surface area contributed by atoms with Crippen LogP contribution in [0.25, 0.3) is 11.0 Å². The maximum Gasteiger partial charge on any atom is 0.231 e. The Morgan fingerprint density at radius 2 is 1.79 bits per heavy atom. The third kappa shape index (κ3) is 1.99. The largest absolute Gasteiger partial charge is 0.496 e. The average Bonchev–Trinajstić information content (AvgIpc) is 2.90. The van der Waals surface area contributed by atoms with Crippen molar-refractivity contribution in [3.63, 3.8) is 0 Å². The Kier molecular flexibility index (Phi) is 2.80. The van der Waals surface area contributed by atoms with Crippen LogP contribution in [0.1, 0.15) is 16.1 Å². The molecule has 3 aromatic rings. The number of rotatable bonds is 3. The van der Waals surface area contributed by atoms with Crippen LogP contribution < -0.4 is 4.74 Å². The van der Waals surface area contributed by atoms with Crippen LogP contribution in [0.2, 0.25) is 0 Å². The molecule has 0 spiro atoms. The number of carbonyl (C=O) groups is 1. The molecule has 0 saturated heterocycles. The first-order valence-corrected chi connectivity index (χ1v) is 5.96. The quantitative estimate of drug-likeness (QED) is 0.667. The van der Waals surface area contributed by atoms with Crippen LogP contribution in [0.5, 0.6) is 5.75 Å². The van der Waals surface area contributed by atoms with Crippen LogP contribution >= 0.6 is 0 Å². The monoisotopic (exact) mass is 252 g/mol. The number of ketones is 1. The van der Waals surface area contributed by atoms with E-state index in [0.29, 0.717) is 22.7 Å². The summed E-state index contributed by atoms with van der Waals surface area (Å²) in [6.45, 7) is 0. The van der Waals surface area contributed by atoms with Gasteiger partial charge in [0.05, 0.1) is 12.7 Å². The van der Waals surface area contributed by atoms with Gasteiger partial charge in [0.1, 0.15) is 11.3 Å². The highest BCUT2D eigenvalue weighted by atomic mass is 16.5. The van der Waals surface area contributed by atoms with E-state index in [1.54, 1.807) is 31.4 Å². The Hall–Kier alpha value is -2.55. The van der Waals surface area contributed by atoms with Crippen molar-refractivity contribution in [2.45, 2.75) is 0 Å². The highest BCUT2D eigenvalue weighted by molar-refractivity contribution is 6.10. The molecule has 3 nitrogen and oxygen atoms in total. The van der Waals surface area contributed by atoms with Gasteiger partial charge in [-0.3, -0.25) is 4.79 Å². The number of para-hydroxylation sites is 2. The van der Waals surface area contributed by atoms with Crippen LogP contribution in [-0.4, -0.2) is 12.9 Å². The second kappa shape index (κ2) is 4.61. The molecule has 1 heterocycles. The van der Waals surface area contributed by atoms with Gasteiger partial charge in [-0.1, -0.05) is 30.3 Å². The number of hydrogen-bond acceptors (Lipinski definition) is 3. The zero-order chi connectivity index (χ0) is 13.2. The summed E-state index contributed by atoms with van der Waals surface area (Å²) in [5, 5.41) is 0.917. The SMILES string of the molecule is COc1ccccc1C(=O)c1cc2ccccc2o1. The molecule has 0 fully saturated rings. The van der Waals surface area contributed by atoms with Crippen LogP contribution in [0.4, 0.5) is 0 Å². The first kappa shape index (κ1) is 11.5. The second-order valence-electron chi connectivity index (χ2n) is 4.18. The summed E-state index contributed by atoms with van der Waals surface area (Å²) in [4.78, 5) is 12.4. The van der Waals surface area contributed by atoms with Gasteiger partial charge in [0, 0.05) is 5.39 Å². The van der Waals surface area contributed by atoms with Gasteiger partial charge in [0.2, 0.25) is 5.78 Å². The minimum Gasteiger partial charge on any atom is -0.496 e. The van der Waals surface area contributed by atoms with Gasteiger partial charge in [-0.2, -0.15) is 0 Å². The smallest absolute Gasteiger partial charge is 0.231 e. The summed E-state index contributed by atoms with van der Waals surface area (Å²) in [5.41, 5.74) is 1.21. The van der Waals surface area contributed by atoms with Crippen molar-refractivity contribution < 1.29 is 13.9 Å². The third-order valence-corrected chi connectivity index (χ3v) is 3.00. The first-order chi connectivity index (χ1) is 9.29. The maximum absolute atomic E-state index is 12.4. The highest BCUT2D eigenvalue weighted by Crippen LogP contribution is 2.25. The number of methoxy groups -OCH3 is 1.